The van der Waals surface area contributed by atoms with Gasteiger partial charge in [-0.25, -0.2) is 13.2 Å². The van der Waals surface area contributed by atoms with Gasteiger partial charge in [0, 0.05) is 12.2 Å². The molecule has 1 aromatic carbocycles. The summed E-state index contributed by atoms with van der Waals surface area (Å²) in [5, 5.41) is 3.16. The van der Waals surface area contributed by atoms with Crippen LogP contribution < -0.4 is 10.0 Å². The first kappa shape index (κ1) is 16.5. The quantitative estimate of drug-likeness (QED) is 0.799. The van der Waals surface area contributed by atoms with Gasteiger partial charge >= 0.3 is 5.97 Å². The van der Waals surface area contributed by atoms with Gasteiger partial charge in [-0.2, -0.15) is 0 Å². The fraction of sp³-hybridized carbons (Fsp3) is 0.400. The first-order valence-corrected chi connectivity index (χ1v) is 8.98. The first-order chi connectivity index (χ1) is 10.4. The summed E-state index contributed by atoms with van der Waals surface area (Å²) < 4.78 is 30.2. The van der Waals surface area contributed by atoms with Crippen molar-refractivity contribution in [3.05, 3.63) is 35.4 Å². The Hall–Kier alpha value is -1.86. The Morgan fingerprint density at radius 3 is 2.86 bits per heavy atom. The highest BCUT2D eigenvalue weighted by Crippen LogP contribution is 2.27. The predicted octanol–water partition coefficient (Wildman–Crippen LogP) is 1.37. The highest BCUT2D eigenvalue weighted by atomic mass is 32.2. The number of ether oxygens (including phenoxy) is 1. The first-order valence-electron chi connectivity index (χ1n) is 7.09. The molecule has 1 heterocycles. The smallest absolute Gasteiger partial charge is 0.335 e. The lowest BCUT2D eigenvalue weighted by Crippen LogP contribution is -2.29. The number of carbonyl (C=O) groups excluding carboxylic acids is 1. The lowest BCUT2D eigenvalue weighted by Gasteiger charge is -2.21. The average molecular weight is 324 g/mol. The summed E-state index contributed by atoms with van der Waals surface area (Å²) >= 11 is 0. The van der Waals surface area contributed by atoms with Crippen LogP contribution in [-0.4, -0.2) is 40.3 Å². The van der Waals surface area contributed by atoms with E-state index in [-0.39, 0.29) is 5.97 Å². The molecule has 1 aromatic rings. The minimum absolute atomic E-state index is 0.325. The molecule has 22 heavy (non-hydrogen) atoms. The van der Waals surface area contributed by atoms with Crippen LogP contribution in [0.3, 0.4) is 0 Å². The van der Waals surface area contributed by atoms with Crippen LogP contribution in [0.5, 0.6) is 0 Å². The summed E-state index contributed by atoms with van der Waals surface area (Å²) in [6, 6.07) is 7.05. The van der Waals surface area contributed by atoms with Crippen molar-refractivity contribution in [3.63, 3.8) is 0 Å². The van der Waals surface area contributed by atoms with Gasteiger partial charge in [-0.3, -0.25) is 4.72 Å². The summed E-state index contributed by atoms with van der Waals surface area (Å²) in [5.74, 6) is -0.328. The SMILES string of the molecule is CCOC(=O)C1=C(c2cccc(NS(C)(=O)=O)c2)CCNC1. The number of hydrogen-bond acceptors (Lipinski definition) is 5. The van der Waals surface area contributed by atoms with Crippen molar-refractivity contribution in [2.75, 3.05) is 30.7 Å². The Kier molecular flexibility index (Phi) is 5.20. The second-order valence-corrected chi connectivity index (χ2v) is 6.81. The van der Waals surface area contributed by atoms with E-state index in [0.717, 1.165) is 23.9 Å². The van der Waals surface area contributed by atoms with Crippen molar-refractivity contribution in [1.82, 2.24) is 5.32 Å². The molecular weight excluding hydrogens is 304 g/mol. The van der Waals surface area contributed by atoms with Crippen molar-refractivity contribution >= 4 is 27.3 Å². The number of nitrogens with one attached hydrogen (secondary N) is 2. The Bertz CT molecular complexity index is 695. The van der Waals surface area contributed by atoms with Crippen LogP contribution in [0.1, 0.15) is 18.9 Å². The fourth-order valence-corrected chi connectivity index (χ4v) is 2.96. The van der Waals surface area contributed by atoms with Gasteiger partial charge in [-0.1, -0.05) is 12.1 Å². The third kappa shape index (κ3) is 4.32. The van der Waals surface area contributed by atoms with Crippen LogP contribution >= 0.6 is 0 Å². The molecule has 0 fully saturated rings. The Balaban J connectivity index is 2.39. The molecule has 0 saturated heterocycles. The van der Waals surface area contributed by atoms with Crippen molar-refractivity contribution in [1.29, 1.82) is 0 Å². The molecule has 0 aromatic heterocycles. The van der Waals surface area contributed by atoms with Gasteiger partial charge in [0.05, 0.1) is 18.4 Å². The van der Waals surface area contributed by atoms with E-state index < -0.39 is 10.0 Å². The van der Waals surface area contributed by atoms with Crippen LogP contribution in [0.4, 0.5) is 5.69 Å². The van der Waals surface area contributed by atoms with E-state index >= 15 is 0 Å². The molecule has 0 saturated carbocycles. The minimum atomic E-state index is -3.33. The number of rotatable bonds is 5. The molecule has 2 rings (SSSR count). The van der Waals surface area contributed by atoms with E-state index in [1.54, 1.807) is 25.1 Å². The lowest BCUT2D eigenvalue weighted by atomic mass is 9.94. The van der Waals surface area contributed by atoms with Crippen molar-refractivity contribution in [3.8, 4) is 0 Å². The molecule has 1 aliphatic heterocycles. The number of anilines is 1. The molecule has 7 heteroatoms. The van der Waals surface area contributed by atoms with E-state index in [2.05, 4.69) is 10.0 Å². The van der Waals surface area contributed by atoms with E-state index in [0.29, 0.717) is 30.8 Å². The van der Waals surface area contributed by atoms with E-state index in [1.165, 1.54) is 0 Å². The van der Waals surface area contributed by atoms with Gasteiger partial charge in [0.25, 0.3) is 0 Å². The summed E-state index contributed by atoms with van der Waals surface area (Å²) in [7, 11) is -3.33. The zero-order valence-electron chi connectivity index (χ0n) is 12.7. The minimum Gasteiger partial charge on any atom is -0.463 e. The largest absolute Gasteiger partial charge is 0.463 e. The molecule has 120 valence electrons. The van der Waals surface area contributed by atoms with Gasteiger partial charge in [0.15, 0.2) is 0 Å². The summed E-state index contributed by atoms with van der Waals surface area (Å²) in [4.78, 5) is 12.1. The zero-order valence-corrected chi connectivity index (χ0v) is 13.5. The second kappa shape index (κ2) is 6.93. The number of esters is 1. The number of carbonyl (C=O) groups is 1. The van der Waals surface area contributed by atoms with Crippen LogP contribution in [0.2, 0.25) is 0 Å². The topological polar surface area (TPSA) is 84.5 Å². The maximum Gasteiger partial charge on any atom is 0.335 e. The highest BCUT2D eigenvalue weighted by molar-refractivity contribution is 7.92. The Morgan fingerprint density at radius 2 is 2.18 bits per heavy atom. The second-order valence-electron chi connectivity index (χ2n) is 5.06. The van der Waals surface area contributed by atoms with Gasteiger partial charge in [-0.05, 0) is 43.2 Å². The van der Waals surface area contributed by atoms with Crippen molar-refractivity contribution in [2.24, 2.45) is 0 Å². The lowest BCUT2D eigenvalue weighted by molar-refractivity contribution is -0.138. The van der Waals surface area contributed by atoms with Crippen LogP contribution in [0, 0.1) is 0 Å². The normalized spacial score (nSPS) is 15.5. The van der Waals surface area contributed by atoms with Gasteiger partial charge < -0.3 is 10.1 Å². The van der Waals surface area contributed by atoms with Gasteiger partial charge in [-0.15, -0.1) is 0 Å². The molecule has 0 unspecified atom stereocenters. The van der Waals surface area contributed by atoms with Gasteiger partial charge in [0.1, 0.15) is 0 Å². The molecule has 0 bridgehead atoms. The van der Waals surface area contributed by atoms with Crippen LogP contribution in [0.25, 0.3) is 5.57 Å². The van der Waals surface area contributed by atoms with Gasteiger partial charge in [0.2, 0.25) is 10.0 Å². The maximum atomic E-state index is 12.1. The molecule has 0 spiro atoms. The number of benzene rings is 1. The van der Waals surface area contributed by atoms with E-state index in [1.807, 2.05) is 6.07 Å². The summed E-state index contributed by atoms with van der Waals surface area (Å²) in [6.07, 6.45) is 1.80. The molecule has 0 aliphatic carbocycles. The Morgan fingerprint density at radius 1 is 1.41 bits per heavy atom. The molecule has 1 aliphatic rings. The average Bonchev–Trinajstić information content (AvgIpc) is 2.46. The van der Waals surface area contributed by atoms with Crippen LogP contribution in [-0.2, 0) is 19.6 Å². The highest BCUT2D eigenvalue weighted by Gasteiger charge is 2.21. The predicted molar refractivity (Wildman–Crippen MR) is 85.9 cm³/mol. The molecule has 2 N–H and O–H groups in total. The molecule has 6 nitrogen and oxygen atoms in total. The maximum absolute atomic E-state index is 12.1. The molecule has 0 amide bonds. The third-order valence-electron chi connectivity index (χ3n) is 3.25. The van der Waals surface area contributed by atoms with Crippen molar-refractivity contribution in [2.45, 2.75) is 13.3 Å². The van der Waals surface area contributed by atoms with E-state index in [9.17, 15) is 13.2 Å². The summed E-state index contributed by atoms with van der Waals surface area (Å²) in [5.41, 5.74) is 2.81. The Labute approximate surface area is 130 Å². The molecule has 0 atom stereocenters. The third-order valence-corrected chi connectivity index (χ3v) is 3.86. The number of sulfonamides is 1. The summed E-state index contributed by atoms with van der Waals surface area (Å²) in [6.45, 7) is 3.32. The monoisotopic (exact) mass is 324 g/mol. The van der Waals surface area contributed by atoms with Crippen LogP contribution in [0.15, 0.2) is 29.8 Å². The molecule has 0 radical (unpaired) electrons. The fourth-order valence-electron chi connectivity index (χ4n) is 2.40. The zero-order chi connectivity index (χ0) is 16.2. The van der Waals surface area contributed by atoms with E-state index in [4.69, 9.17) is 4.74 Å². The number of hydrogen-bond donors (Lipinski definition) is 2. The standard InChI is InChI=1S/C15H20N2O4S/c1-3-21-15(18)14-10-16-8-7-13(14)11-5-4-6-12(9-11)17-22(2,19)20/h4-6,9,16-17H,3,7-8,10H2,1-2H3. The van der Waals surface area contributed by atoms with Crippen molar-refractivity contribution < 1.29 is 17.9 Å². The molecular formula is C15H20N2O4S.